The monoisotopic (exact) mass is 129 g/mol. The average molecular weight is 129 g/mol. The first-order chi connectivity index (χ1) is 4.43. The first-order valence-electron chi connectivity index (χ1n) is 2.74. The minimum absolute atomic E-state index is 0. The molecule has 0 saturated heterocycles. The molecule has 1 rings (SSSR count). The molecule has 0 atom stereocenters. The Hall–Kier alpha value is -0.423. The third-order valence-electron chi connectivity index (χ3n) is 0.940. The maximum atomic E-state index is 4.83. The number of hydrogen-bond acceptors (Lipinski definition) is 1. The minimum atomic E-state index is 0. The number of nitrogens with zero attached hydrogens (tertiary/aromatic N) is 1. The summed E-state index contributed by atoms with van der Waals surface area (Å²) in [6, 6.07) is 9.45. The van der Waals surface area contributed by atoms with Crippen LogP contribution in [0.5, 0.6) is 5.75 Å². The van der Waals surface area contributed by atoms with Crippen molar-refractivity contribution in [1.29, 1.82) is 0 Å². The van der Waals surface area contributed by atoms with Gasteiger partial charge >= 0.3 is 18.9 Å². The first-order valence-corrected chi connectivity index (χ1v) is 2.74. The standard InChI is InChI=1S/C7H8NO.Li/c1-8-9-7-5-3-2-4-6-7;/h2-6H,1H3;/q-1;+1. The zero-order chi connectivity index (χ0) is 6.53. The van der Waals surface area contributed by atoms with Gasteiger partial charge in [-0.25, -0.2) is 0 Å². The van der Waals surface area contributed by atoms with Crippen molar-refractivity contribution in [1.82, 2.24) is 0 Å². The Morgan fingerprint density at radius 3 is 2.30 bits per heavy atom. The Morgan fingerprint density at radius 2 is 1.80 bits per heavy atom. The maximum Gasteiger partial charge on any atom is 1.00 e. The van der Waals surface area contributed by atoms with Gasteiger partial charge < -0.3 is 10.3 Å². The van der Waals surface area contributed by atoms with Gasteiger partial charge in [-0.05, 0) is 12.1 Å². The molecule has 0 unspecified atom stereocenters. The summed E-state index contributed by atoms with van der Waals surface area (Å²) in [7, 11) is 1.60. The van der Waals surface area contributed by atoms with Gasteiger partial charge in [-0.2, -0.15) is 0 Å². The third-order valence-corrected chi connectivity index (χ3v) is 0.940. The summed E-state index contributed by atoms with van der Waals surface area (Å²) in [5, 5.41) is 0. The molecule has 1 aromatic rings. The summed E-state index contributed by atoms with van der Waals surface area (Å²) in [5.41, 5.74) is 3.51. The molecule has 10 heavy (non-hydrogen) atoms. The number of para-hydroxylation sites is 1. The zero-order valence-electron chi connectivity index (χ0n) is 6.24. The van der Waals surface area contributed by atoms with Crippen LogP contribution in [0, 0.1) is 0 Å². The molecule has 0 bridgehead atoms. The van der Waals surface area contributed by atoms with E-state index in [1.54, 1.807) is 7.05 Å². The fourth-order valence-electron chi connectivity index (χ4n) is 0.587. The minimum Gasteiger partial charge on any atom is -0.587 e. The van der Waals surface area contributed by atoms with E-state index in [0.717, 1.165) is 5.75 Å². The van der Waals surface area contributed by atoms with Crippen LogP contribution in [0.25, 0.3) is 5.48 Å². The summed E-state index contributed by atoms with van der Waals surface area (Å²) in [4.78, 5) is 4.83. The van der Waals surface area contributed by atoms with Gasteiger partial charge in [-0.15, -0.1) is 7.05 Å². The van der Waals surface area contributed by atoms with Crippen LogP contribution < -0.4 is 23.7 Å². The molecule has 2 nitrogen and oxygen atoms in total. The van der Waals surface area contributed by atoms with Crippen LogP contribution in [0.2, 0.25) is 0 Å². The van der Waals surface area contributed by atoms with Crippen LogP contribution in [-0.4, -0.2) is 7.05 Å². The number of hydrogen-bond donors (Lipinski definition) is 0. The van der Waals surface area contributed by atoms with Crippen molar-refractivity contribution in [3.05, 3.63) is 35.8 Å². The fraction of sp³-hybridized carbons (Fsp3) is 0.143. The van der Waals surface area contributed by atoms with Gasteiger partial charge in [0.1, 0.15) is 5.75 Å². The van der Waals surface area contributed by atoms with Crippen LogP contribution in [0.3, 0.4) is 0 Å². The van der Waals surface area contributed by atoms with Crippen LogP contribution in [0.4, 0.5) is 0 Å². The molecule has 0 aromatic heterocycles. The zero-order valence-corrected chi connectivity index (χ0v) is 6.24. The summed E-state index contributed by atoms with van der Waals surface area (Å²) in [6.45, 7) is 0. The van der Waals surface area contributed by atoms with Crippen LogP contribution in [0.15, 0.2) is 30.3 Å². The average Bonchev–Trinajstić information content (AvgIpc) is 1.91. The molecule has 0 heterocycles. The topological polar surface area (TPSA) is 23.3 Å². The van der Waals surface area contributed by atoms with E-state index in [-0.39, 0.29) is 18.9 Å². The molecular formula is C7H8LiNO. The Labute approximate surface area is 72.7 Å². The predicted molar refractivity (Wildman–Crippen MR) is 36.4 cm³/mol. The Bertz CT molecular complexity index is 167. The van der Waals surface area contributed by atoms with Crippen molar-refractivity contribution in [2.45, 2.75) is 0 Å². The summed E-state index contributed by atoms with van der Waals surface area (Å²) in [5.74, 6) is 0.778. The molecule has 0 N–H and O–H groups in total. The van der Waals surface area contributed by atoms with Crippen LogP contribution >= 0.6 is 0 Å². The van der Waals surface area contributed by atoms with Crippen molar-refractivity contribution in [3.8, 4) is 5.75 Å². The van der Waals surface area contributed by atoms with E-state index in [9.17, 15) is 0 Å². The molecule has 0 radical (unpaired) electrons. The molecule has 0 amide bonds. The Kier molecular flexibility index (Phi) is 5.14. The quantitative estimate of drug-likeness (QED) is 0.370. The molecule has 1 aromatic carbocycles. The Balaban J connectivity index is 0.000000810. The molecule has 0 aliphatic heterocycles. The van der Waals surface area contributed by atoms with Gasteiger partial charge in [-0.1, -0.05) is 18.2 Å². The molecule has 0 saturated carbocycles. The van der Waals surface area contributed by atoms with E-state index in [0.29, 0.717) is 0 Å². The fourth-order valence-corrected chi connectivity index (χ4v) is 0.587. The van der Waals surface area contributed by atoms with Gasteiger partial charge in [0.05, 0.1) is 0 Å². The van der Waals surface area contributed by atoms with E-state index >= 15 is 0 Å². The number of hydroxylamine groups is 1. The van der Waals surface area contributed by atoms with Crippen molar-refractivity contribution in [3.63, 3.8) is 0 Å². The summed E-state index contributed by atoms with van der Waals surface area (Å²) < 4.78 is 0. The molecule has 0 spiro atoms. The summed E-state index contributed by atoms with van der Waals surface area (Å²) in [6.07, 6.45) is 0. The Morgan fingerprint density at radius 1 is 1.20 bits per heavy atom. The smallest absolute Gasteiger partial charge is 0.587 e. The maximum absolute atomic E-state index is 4.83. The van der Waals surface area contributed by atoms with Crippen molar-refractivity contribution < 1.29 is 23.7 Å². The van der Waals surface area contributed by atoms with Gasteiger partial charge in [0.15, 0.2) is 0 Å². The second-order valence-electron chi connectivity index (χ2n) is 1.59. The molecule has 0 aliphatic rings. The van der Waals surface area contributed by atoms with Crippen molar-refractivity contribution >= 4 is 0 Å². The van der Waals surface area contributed by atoms with Gasteiger partial charge in [0.2, 0.25) is 0 Å². The molecule has 0 fully saturated rings. The molecule has 0 aliphatic carbocycles. The largest absolute Gasteiger partial charge is 1.00 e. The van der Waals surface area contributed by atoms with Gasteiger partial charge in [0, 0.05) is 0 Å². The van der Waals surface area contributed by atoms with E-state index in [2.05, 4.69) is 5.48 Å². The third kappa shape index (κ3) is 2.93. The predicted octanol–water partition coefficient (Wildman–Crippen LogP) is -1.01. The van der Waals surface area contributed by atoms with Crippen molar-refractivity contribution in [2.75, 3.05) is 7.05 Å². The molecule has 3 heteroatoms. The van der Waals surface area contributed by atoms with E-state index in [4.69, 9.17) is 4.84 Å². The molecular weight excluding hydrogens is 121 g/mol. The van der Waals surface area contributed by atoms with Gasteiger partial charge in [-0.3, -0.25) is 0 Å². The van der Waals surface area contributed by atoms with E-state index in [1.165, 1.54) is 0 Å². The second-order valence-corrected chi connectivity index (χ2v) is 1.59. The second kappa shape index (κ2) is 5.37. The normalized spacial score (nSPS) is 8.10. The van der Waals surface area contributed by atoms with E-state index in [1.807, 2.05) is 30.3 Å². The number of benzene rings is 1. The van der Waals surface area contributed by atoms with E-state index < -0.39 is 0 Å². The van der Waals surface area contributed by atoms with Crippen LogP contribution in [-0.2, 0) is 0 Å². The first kappa shape index (κ1) is 9.58. The SMILES string of the molecule is C[N-]Oc1ccccc1.[Li+]. The van der Waals surface area contributed by atoms with Gasteiger partial charge in [0.25, 0.3) is 0 Å². The van der Waals surface area contributed by atoms with Crippen molar-refractivity contribution in [2.24, 2.45) is 0 Å². The van der Waals surface area contributed by atoms with Crippen LogP contribution in [0.1, 0.15) is 0 Å². The summed E-state index contributed by atoms with van der Waals surface area (Å²) >= 11 is 0. The number of rotatable bonds is 2. The molecule has 48 valence electrons.